The van der Waals surface area contributed by atoms with Gasteiger partial charge < -0.3 is 14.8 Å². The Hall–Kier alpha value is -3.95. The maximum atomic E-state index is 12.0. The Morgan fingerprint density at radius 1 is 1.21 bits per heavy atom. The first-order valence-electron chi connectivity index (χ1n) is 8.48. The summed E-state index contributed by atoms with van der Waals surface area (Å²) < 4.78 is 13.3. The van der Waals surface area contributed by atoms with E-state index in [2.05, 4.69) is 20.5 Å². The van der Waals surface area contributed by atoms with Crippen molar-refractivity contribution >= 4 is 12.0 Å². The number of carbonyl (C=O) groups is 1. The quantitative estimate of drug-likeness (QED) is 0.615. The van der Waals surface area contributed by atoms with Gasteiger partial charge in [-0.2, -0.15) is 5.10 Å². The molecule has 0 aliphatic carbocycles. The average molecular weight is 380 g/mol. The first kappa shape index (κ1) is 17.5. The average Bonchev–Trinajstić information content (AvgIpc) is 3.39. The highest BCUT2D eigenvalue weighted by Gasteiger charge is 2.12. The zero-order valence-corrected chi connectivity index (χ0v) is 14.7. The summed E-state index contributed by atoms with van der Waals surface area (Å²) in [4.78, 5) is 27.8. The lowest BCUT2D eigenvalue weighted by Gasteiger charge is -2.07. The van der Waals surface area contributed by atoms with Crippen LogP contribution in [0.15, 0.2) is 53.9 Å². The van der Waals surface area contributed by atoms with Crippen LogP contribution in [0.4, 0.5) is 0 Å². The molecule has 0 radical (unpaired) electrons. The van der Waals surface area contributed by atoms with Crippen molar-refractivity contribution in [3.8, 4) is 17.3 Å². The summed E-state index contributed by atoms with van der Waals surface area (Å²) >= 11 is 0. The van der Waals surface area contributed by atoms with Crippen molar-refractivity contribution in [2.24, 2.45) is 0 Å². The molecule has 2 aromatic heterocycles. The van der Waals surface area contributed by atoms with Crippen LogP contribution < -0.4 is 20.3 Å². The molecule has 28 heavy (non-hydrogen) atoms. The van der Waals surface area contributed by atoms with Gasteiger partial charge in [-0.15, -0.1) is 5.10 Å². The van der Waals surface area contributed by atoms with Crippen LogP contribution in [0.5, 0.6) is 11.5 Å². The summed E-state index contributed by atoms with van der Waals surface area (Å²) in [6.45, 7) is 0.678. The maximum Gasteiger partial charge on any atom is 0.266 e. The zero-order chi connectivity index (χ0) is 19.3. The molecule has 1 N–H and O–H groups in total. The molecule has 0 saturated carbocycles. The van der Waals surface area contributed by atoms with Crippen LogP contribution in [0.2, 0.25) is 0 Å². The second-order valence-electron chi connectivity index (χ2n) is 5.83. The van der Waals surface area contributed by atoms with Gasteiger partial charge in [0.2, 0.25) is 12.7 Å². The third-order valence-electron chi connectivity index (χ3n) is 3.95. The van der Waals surface area contributed by atoms with Crippen LogP contribution in [0, 0.1) is 0 Å². The monoisotopic (exact) mass is 380 g/mol. The molecular weight excluding hydrogens is 364 g/mol. The number of aromatic nitrogens is 5. The second kappa shape index (κ2) is 7.74. The Kier molecular flexibility index (Phi) is 4.83. The molecule has 142 valence electrons. The molecular formula is C18H16N6O4. The first-order chi connectivity index (χ1) is 13.7. The number of fused-ring (bicyclic) bond motifs is 1. The van der Waals surface area contributed by atoms with Gasteiger partial charge in [0.25, 0.3) is 5.56 Å². The maximum absolute atomic E-state index is 12.0. The second-order valence-corrected chi connectivity index (χ2v) is 5.83. The van der Waals surface area contributed by atoms with E-state index in [4.69, 9.17) is 9.47 Å². The number of amides is 1. The molecule has 3 aromatic rings. The van der Waals surface area contributed by atoms with E-state index in [0.717, 1.165) is 5.56 Å². The minimum Gasteiger partial charge on any atom is -0.454 e. The molecule has 1 aromatic carbocycles. The van der Waals surface area contributed by atoms with Crippen molar-refractivity contribution in [1.29, 1.82) is 0 Å². The number of ether oxygens (including phenoxy) is 2. The summed E-state index contributed by atoms with van der Waals surface area (Å²) in [6.07, 6.45) is 5.95. The van der Waals surface area contributed by atoms with E-state index in [0.29, 0.717) is 17.3 Å². The largest absolute Gasteiger partial charge is 0.454 e. The highest BCUT2D eigenvalue weighted by molar-refractivity contribution is 5.91. The highest BCUT2D eigenvalue weighted by Crippen LogP contribution is 2.32. The number of nitrogens with one attached hydrogen (secondary N) is 1. The molecule has 10 heteroatoms. The third-order valence-corrected chi connectivity index (χ3v) is 3.95. The number of hydrogen-bond acceptors (Lipinski definition) is 7. The minimum absolute atomic E-state index is 0.203. The molecule has 0 spiro atoms. The van der Waals surface area contributed by atoms with Crippen molar-refractivity contribution in [2.75, 3.05) is 13.3 Å². The van der Waals surface area contributed by atoms with Gasteiger partial charge in [0.05, 0.1) is 6.54 Å². The Balaban J connectivity index is 1.33. The topological polar surface area (TPSA) is 113 Å². The molecule has 0 atom stereocenters. The van der Waals surface area contributed by atoms with Crippen molar-refractivity contribution in [3.63, 3.8) is 0 Å². The molecule has 1 aliphatic rings. The van der Waals surface area contributed by atoms with E-state index in [1.807, 2.05) is 6.07 Å². The third kappa shape index (κ3) is 3.90. The van der Waals surface area contributed by atoms with Crippen LogP contribution in [-0.4, -0.2) is 43.8 Å². The van der Waals surface area contributed by atoms with E-state index in [1.165, 1.54) is 34.2 Å². The van der Waals surface area contributed by atoms with E-state index in [-0.39, 0.29) is 31.3 Å². The van der Waals surface area contributed by atoms with Crippen LogP contribution in [0.25, 0.3) is 11.9 Å². The van der Waals surface area contributed by atoms with E-state index in [1.54, 1.807) is 24.3 Å². The fourth-order valence-electron chi connectivity index (χ4n) is 2.58. The number of rotatable bonds is 6. The minimum atomic E-state index is -0.279. The summed E-state index contributed by atoms with van der Waals surface area (Å²) in [6, 6.07) is 8.37. The molecule has 1 aliphatic heterocycles. The highest BCUT2D eigenvalue weighted by atomic mass is 16.7. The van der Waals surface area contributed by atoms with Gasteiger partial charge in [0.1, 0.15) is 12.7 Å². The first-order valence-corrected chi connectivity index (χ1v) is 8.48. The molecule has 3 heterocycles. The number of hydrogen-bond donors (Lipinski definition) is 1. The van der Waals surface area contributed by atoms with Gasteiger partial charge >= 0.3 is 0 Å². The zero-order valence-electron chi connectivity index (χ0n) is 14.7. The normalized spacial score (nSPS) is 12.4. The molecule has 0 saturated heterocycles. The fraction of sp³-hybridized carbons (Fsp3) is 0.167. The molecule has 10 nitrogen and oxygen atoms in total. The van der Waals surface area contributed by atoms with Gasteiger partial charge in [-0.3, -0.25) is 9.59 Å². The van der Waals surface area contributed by atoms with E-state index < -0.39 is 0 Å². The SMILES string of the molecule is O=C(/C=C/c1ccc2c(c1)OCO2)NCCn1nc(-n2cncn2)ccc1=O. The van der Waals surface area contributed by atoms with Crippen LogP contribution >= 0.6 is 0 Å². The number of carbonyl (C=O) groups excluding carboxylic acids is 1. The molecule has 0 bridgehead atoms. The Morgan fingerprint density at radius 2 is 2.11 bits per heavy atom. The van der Waals surface area contributed by atoms with Crippen molar-refractivity contribution in [3.05, 3.63) is 65.0 Å². The van der Waals surface area contributed by atoms with Gasteiger partial charge in [-0.25, -0.2) is 14.3 Å². The smallest absolute Gasteiger partial charge is 0.266 e. The number of benzene rings is 1. The van der Waals surface area contributed by atoms with Crippen LogP contribution in [0.1, 0.15) is 5.56 Å². The lowest BCUT2D eigenvalue weighted by Crippen LogP contribution is -2.31. The van der Waals surface area contributed by atoms with Gasteiger partial charge in [0, 0.05) is 18.7 Å². The predicted octanol–water partition coefficient (Wildman–Crippen LogP) is 0.382. The summed E-state index contributed by atoms with van der Waals surface area (Å²) in [5, 5.41) is 10.9. The van der Waals surface area contributed by atoms with E-state index in [9.17, 15) is 9.59 Å². The fourth-order valence-corrected chi connectivity index (χ4v) is 2.58. The molecule has 1 amide bonds. The predicted molar refractivity (Wildman–Crippen MR) is 98.0 cm³/mol. The standard InChI is InChI=1S/C18H16N6O4/c25-17(5-2-13-1-3-14-15(9-13)28-12-27-14)20-7-8-23-18(26)6-4-16(22-23)24-11-19-10-21-24/h1-6,9-11H,7-8,12H2,(H,20,25)/b5-2+. The lowest BCUT2D eigenvalue weighted by atomic mass is 10.2. The molecule has 0 fully saturated rings. The van der Waals surface area contributed by atoms with Crippen LogP contribution in [-0.2, 0) is 11.3 Å². The summed E-state index contributed by atoms with van der Waals surface area (Å²) in [5.74, 6) is 1.53. The van der Waals surface area contributed by atoms with Gasteiger partial charge in [-0.1, -0.05) is 6.07 Å². The molecule has 0 unspecified atom stereocenters. The number of nitrogens with zero attached hydrogens (tertiary/aromatic N) is 5. The lowest BCUT2D eigenvalue weighted by molar-refractivity contribution is -0.116. The summed E-state index contributed by atoms with van der Waals surface area (Å²) in [5.41, 5.74) is 0.548. The Bertz CT molecular complexity index is 1070. The van der Waals surface area contributed by atoms with Gasteiger partial charge in [0.15, 0.2) is 17.3 Å². The van der Waals surface area contributed by atoms with E-state index >= 15 is 0 Å². The summed E-state index contributed by atoms with van der Waals surface area (Å²) in [7, 11) is 0. The van der Waals surface area contributed by atoms with Crippen molar-refractivity contribution in [2.45, 2.75) is 6.54 Å². The Morgan fingerprint density at radius 3 is 2.96 bits per heavy atom. The van der Waals surface area contributed by atoms with Crippen molar-refractivity contribution < 1.29 is 14.3 Å². The Labute approximate surface area is 159 Å². The molecule has 4 rings (SSSR count). The van der Waals surface area contributed by atoms with Crippen LogP contribution in [0.3, 0.4) is 0 Å². The van der Waals surface area contributed by atoms with Gasteiger partial charge in [-0.05, 0) is 29.8 Å². The van der Waals surface area contributed by atoms with Crippen molar-refractivity contribution in [1.82, 2.24) is 29.9 Å².